The fraction of sp³-hybridized carbons (Fsp3) is 0.286. The van der Waals surface area contributed by atoms with Crippen molar-refractivity contribution < 1.29 is 9.53 Å². The van der Waals surface area contributed by atoms with E-state index in [1.165, 1.54) is 0 Å². The Morgan fingerprint density at radius 1 is 1.42 bits per heavy atom. The number of ether oxygens (including phenoxy) is 1. The number of aryl methyl sites for hydroxylation is 1. The second kappa shape index (κ2) is 6.12. The van der Waals surface area contributed by atoms with E-state index in [0.29, 0.717) is 24.4 Å². The van der Waals surface area contributed by atoms with Crippen LogP contribution in [0.5, 0.6) is 0 Å². The van der Waals surface area contributed by atoms with Crippen molar-refractivity contribution in [2.75, 3.05) is 13.7 Å². The molecule has 1 aromatic heterocycles. The number of rotatable bonds is 5. The number of aromatic nitrogens is 2. The fourth-order valence-corrected chi connectivity index (χ4v) is 2.14. The molecule has 5 heteroatoms. The highest BCUT2D eigenvalue weighted by Crippen LogP contribution is 2.19. The second-order valence-electron chi connectivity index (χ2n) is 4.23. The Morgan fingerprint density at radius 3 is 2.89 bits per heavy atom. The predicted molar refractivity (Wildman–Crippen MR) is 76.4 cm³/mol. The molecule has 0 saturated carbocycles. The molecule has 100 valence electrons. The largest absolute Gasteiger partial charge is 0.383 e. The summed E-state index contributed by atoms with van der Waals surface area (Å²) in [6.07, 6.45) is 1.63. The zero-order valence-electron chi connectivity index (χ0n) is 10.9. The molecule has 0 radical (unpaired) electrons. The van der Waals surface area contributed by atoms with Gasteiger partial charge < -0.3 is 4.74 Å². The Kier molecular flexibility index (Phi) is 4.50. The molecule has 0 N–H and O–H groups in total. The van der Waals surface area contributed by atoms with Gasteiger partial charge in [-0.15, -0.1) is 0 Å². The van der Waals surface area contributed by atoms with Crippen molar-refractivity contribution in [3.05, 3.63) is 51.8 Å². The fourth-order valence-electron chi connectivity index (χ4n) is 1.76. The summed E-state index contributed by atoms with van der Waals surface area (Å²) in [5.74, 6) is -0.0331. The Morgan fingerprint density at radius 2 is 2.21 bits per heavy atom. The lowest BCUT2D eigenvalue weighted by Gasteiger charge is -2.07. The first-order chi connectivity index (χ1) is 9.13. The minimum atomic E-state index is -0.0331. The van der Waals surface area contributed by atoms with Gasteiger partial charge in [0.1, 0.15) is 5.69 Å². The molecule has 0 spiro atoms. The highest BCUT2D eigenvalue weighted by molar-refractivity contribution is 9.10. The molecule has 2 rings (SSSR count). The maximum atomic E-state index is 12.4. The SMILES string of the molecule is COCCn1nccc1C(=O)c1ccc(C)c(Br)c1. The average molecular weight is 323 g/mol. The molecule has 4 nitrogen and oxygen atoms in total. The number of carbonyl (C=O) groups is 1. The van der Waals surface area contributed by atoms with E-state index in [0.717, 1.165) is 10.0 Å². The molecule has 0 unspecified atom stereocenters. The van der Waals surface area contributed by atoms with E-state index in [2.05, 4.69) is 21.0 Å². The molecule has 2 aromatic rings. The van der Waals surface area contributed by atoms with Gasteiger partial charge >= 0.3 is 0 Å². The highest BCUT2D eigenvalue weighted by Gasteiger charge is 2.14. The molecule has 0 atom stereocenters. The van der Waals surface area contributed by atoms with E-state index in [1.807, 2.05) is 25.1 Å². The van der Waals surface area contributed by atoms with Crippen molar-refractivity contribution >= 4 is 21.7 Å². The molecule has 19 heavy (non-hydrogen) atoms. The van der Waals surface area contributed by atoms with Gasteiger partial charge in [0.25, 0.3) is 0 Å². The van der Waals surface area contributed by atoms with Gasteiger partial charge in [0.05, 0.1) is 13.2 Å². The van der Waals surface area contributed by atoms with Crippen LogP contribution in [0.2, 0.25) is 0 Å². The van der Waals surface area contributed by atoms with Crippen LogP contribution in [-0.4, -0.2) is 29.3 Å². The van der Waals surface area contributed by atoms with Gasteiger partial charge in [-0.05, 0) is 24.6 Å². The molecule has 0 aliphatic rings. The Hall–Kier alpha value is -1.46. The number of nitrogens with zero attached hydrogens (tertiary/aromatic N) is 2. The third-order valence-electron chi connectivity index (χ3n) is 2.89. The maximum absolute atomic E-state index is 12.4. The van der Waals surface area contributed by atoms with Crippen LogP contribution in [0.4, 0.5) is 0 Å². The molecular weight excluding hydrogens is 308 g/mol. The summed E-state index contributed by atoms with van der Waals surface area (Å²) in [4.78, 5) is 12.4. The lowest BCUT2D eigenvalue weighted by molar-refractivity contribution is 0.102. The summed E-state index contributed by atoms with van der Waals surface area (Å²) in [5, 5.41) is 4.14. The summed E-state index contributed by atoms with van der Waals surface area (Å²) in [7, 11) is 1.63. The molecule has 0 aliphatic carbocycles. The molecule has 0 amide bonds. The van der Waals surface area contributed by atoms with Crippen LogP contribution >= 0.6 is 15.9 Å². The quantitative estimate of drug-likeness (QED) is 0.795. The van der Waals surface area contributed by atoms with Crippen molar-refractivity contribution in [2.24, 2.45) is 0 Å². The Balaban J connectivity index is 2.28. The standard InChI is InChI=1S/C14H15BrN2O2/c1-10-3-4-11(9-12(10)15)14(18)13-5-6-16-17(13)7-8-19-2/h3-6,9H,7-8H2,1-2H3. The molecule has 1 aromatic carbocycles. The zero-order chi connectivity index (χ0) is 13.8. The van der Waals surface area contributed by atoms with Crippen LogP contribution in [0.1, 0.15) is 21.6 Å². The van der Waals surface area contributed by atoms with E-state index in [1.54, 1.807) is 24.1 Å². The minimum absolute atomic E-state index is 0.0331. The van der Waals surface area contributed by atoms with Crippen LogP contribution in [-0.2, 0) is 11.3 Å². The molecule has 0 bridgehead atoms. The van der Waals surface area contributed by atoms with Gasteiger partial charge in [0, 0.05) is 23.3 Å². The minimum Gasteiger partial charge on any atom is -0.383 e. The van der Waals surface area contributed by atoms with E-state index in [9.17, 15) is 4.79 Å². The molecule has 0 fully saturated rings. The van der Waals surface area contributed by atoms with Crippen LogP contribution in [0.15, 0.2) is 34.9 Å². The van der Waals surface area contributed by atoms with Gasteiger partial charge in [-0.3, -0.25) is 9.48 Å². The molecular formula is C14H15BrN2O2. The first-order valence-electron chi connectivity index (χ1n) is 5.95. The maximum Gasteiger partial charge on any atom is 0.211 e. The zero-order valence-corrected chi connectivity index (χ0v) is 12.5. The summed E-state index contributed by atoms with van der Waals surface area (Å²) >= 11 is 3.44. The second-order valence-corrected chi connectivity index (χ2v) is 5.08. The van der Waals surface area contributed by atoms with Gasteiger partial charge in [0.15, 0.2) is 0 Å². The van der Waals surface area contributed by atoms with Crippen LogP contribution in [0, 0.1) is 6.92 Å². The number of hydrogen-bond donors (Lipinski definition) is 0. The summed E-state index contributed by atoms with van der Waals surface area (Å²) in [6, 6.07) is 7.32. The van der Waals surface area contributed by atoms with Crippen LogP contribution < -0.4 is 0 Å². The number of carbonyl (C=O) groups excluding carboxylic acids is 1. The topological polar surface area (TPSA) is 44.1 Å². The van der Waals surface area contributed by atoms with Gasteiger partial charge in [-0.2, -0.15) is 5.10 Å². The lowest BCUT2D eigenvalue weighted by Crippen LogP contribution is -2.14. The number of ketones is 1. The van der Waals surface area contributed by atoms with Gasteiger partial charge in [-0.25, -0.2) is 0 Å². The van der Waals surface area contributed by atoms with Crippen molar-refractivity contribution in [1.29, 1.82) is 0 Å². The third kappa shape index (κ3) is 3.11. The van der Waals surface area contributed by atoms with Crippen molar-refractivity contribution in [2.45, 2.75) is 13.5 Å². The van der Waals surface area contributed by atoms with Crippen molar-refractivity contribution in [1.82, 2.24) is 9.78 Å². The monoisotopic (exact) mass is 322 g/mol. The average Bonchev–Trinajstić information content (AvgIpc) is 2.87. The first kappa shape index (κ1) is 14.0. The van der Waals surface area contributed by atoms with Crippen molar-refractivity contribution in [3.63, 3.8) is 0 Å². The number of methoxy groups -OCH3 is 1. The van der Waals surface area contributed by atoms with Crippen LogP contribution in [0.25, 0.3) is 0 Å². The summed E-state index contributed by atoms with van der Waals surface area (Å²) in [5.41, 5.74) is 2.33. The van der Waals surface area contributed by atoms with Crippen molar-refractivity contribution in [3.8, 4) is 0 Å². The Bertz CT molecular complexity index is 593. The van der Waals surface area contributed by atoms with E-state index in [4.69, 9.17) is 4.74 Å². The van der Waals surface area contributed by atoms with E-state index in [-0.39, 0.29) is 5.78 Å². The summed E-state index contributed by atoms with van der Waals surface area (Å²) in [6.45, 7) is 3.08. The van der Waals surface area contributed by atoms with Crippen LogP contribution in [0.3, 0.4) is 0 Å². The van der Waals surface area contributed by atoms with E-state index >= 15 is 0 Å². The smallest absolute Gasteiger partial charge is 0.211 e. The number of halogens is 1. The number of hydrogen-bond acceptors (Lipinski definition) is 3. The highest BCUT2D eigenvalue weighted by atomic mass is 79.9. The number of benzene rings is 1. The lowest BCUT2D eigenvalue weighted by atomic mass is 10.1. The molecule has 0 aliphatic heterocycles. The summed E-state index contributed by atoms with van der Waals surface area (Å²) < 4.78 is 7.61. The first-order valence-corrected chi connectivity index (χ1v) is 6.74. The van der Waals surface area contributed by atoms with Gasteiger partial charge in [0.2, 0.25) is 5.78 Å². The predicted octanol–water partition coefficient (Wildman–Crippen LogP) is 2.83. The van der Waals surface area contributed by atoms with Gasteiger partial charge in [-0.1, -0.05) is 28.1 Å². The molecule has 0 saturated heterocycles. The third-order valence-corrected chi connectivity index (χ3v) is 3.74. The molecule has 1 heterocycles. The normalized spacial score (nSPS) is 10.7. The Labute approximate surface area is 120 Å². The van der Waals surface area contributed by atoms with E-state index < -0.39 is 0 Å².